The van der Waals surface area contributed by atoms with E-state index in [1.54, 1.807) is 6.92 Å². The number of nitrogens with one attached hydrogen (secondary N) is 1. The van der Waals surface area contributed by atoms with Crippen LogP contribution in [0.4, 0.5) is 0 Å². The van der Waals surface area contributed by atoms with Gasteiger partial charge < -0.3 is 10.1 Å². The zero-order valence-corrected chi connectivity index (χ0v) is 13.0. The number of nitrogens with zero attached hydrogens (tertiary/aromatic N) is 2. The van der Waals surface area contributed by atoms with E-state index in [2.05, 4.69) is 16.5 Å². The SMILES string of the molecule is C[C@@H](Oc1ccccc1)C(=O)NCc1cc(C2CC2)n(C)n1. The Morgan fingerprint density at radius 3 is 2.82 bits per heavy atom. The van der Waals surface area contributed by atoms with Gasteiger partial charge in [-0.25, -0.2) is 0 Å². The third-order valence-electron chi connectivity index (χ3n) is 3.83. The molecule has 0 unspecified atom stereocenters. The molecule has 116 valence electrons. The molecule has 0 saturated heterocycles. The minimum absolute atomic E-state index is 0.137. The minimum Gasteiger partial charge on any atom is -0.481 e. The quantitative estimate of drug-likeness (QED) is 0.891. The summed E-state index contributed by atoms with van der Waals surface area (Å²) in [6.07, 6.45) is 1.95. The number of para-hydroxylation sites is 1. The van der Waals surface area contributed by atoms with Crippen LogP contribution in [0.2, 0.25) is 0 Å². The van der Waals surface area contributed by atoms with Gasteiger partial charge in [0.25, 0.3) is 5.91 Å². The number of hydrogen-bond donors (Lipinski definition) is 1. The number of carbonyl (C=O) groups excluding carboxylic acids is 1. The molecule has 1 aliphatic carbocycles. The van der Waals surface area contributed by atoms with Gasteiger partial charge in [-0.05, 0) is 38.0 Å². The summed E-state index contributed by atoms with van der Waals surface area (Å²) in [5, 5.41) is 7.33. The van der Waals surface area contributed by atoms with Crippen LogP contribution in [0.15, 0.2) is 36.4 Å². The molecular weight excluding hydrogens is 278 g/mol. The van der Waals surface area contributed by atoms with Gasteiger partial charge in [-0.2, -0.15) is 5.10 Å². The highest BCUT2D eigenvalue weighted by Gasteiger charge is 2.27. The van der Waals surface area contributed by atoms with Gasteiger partial charge in [0, 0.05) is 18.7 Å². The van der Waals surface area contributed by atoms with Crippen LogP contribution in [0.25, 0.3) is 0 Å². The molecule has 22 heavy (non-hydrogen) atoms. The van der Waals surface area contributed by atoms with E-state index in [0.717, 1.165) is 5.69 Å². The lowest BCUT2D eigenvalue weighted by molar-refractivity contribution is -0.127. The zero-order chi connectivity index (χ0) is 15.5. The Labute approximate surface area is 130 Å². The number of hydrogen-bond acceptors (Lipinski definition) is 3. The maximum absolute atomic E-state index is 12.1. The third kappa shape index (κ3) is 3.47. The maximum Gasteiger partial charge on any atom is 0.261 e. The average Bonchev–Trinajstić information content (AvgIpc) is 3.29. The second-order valence-electron chi connectivity index (χ2n) is 5.75. The second-order valence-corrected chi connectivity index (χ2v) is 5.75. The van der Waals surface area contributed by atoms with Crippen LogP contribution in [0.5, 0.6) is 5.75 Å². The number of amides is 1. The number of ether oxygens (including phenoxy) is 1. The summed E-state index contributed by atoms with van der Waals surface area (Å²) in [6, 6.07) is 11.4. The molecule has 2 aromatic rings. The lowest BCUT2D eigenvalue weighted by Gasteiger charge is -2.14. The third-order valence-corrected chi connectivity index (χ3v) is 3.83. The molecule has 1 fully saturated rings. The van der Waals surface area contributed by atoms with Crippen molar-refractivity contribution in [2.45, 2.75) is 38.3 Å². The number of aryl methyl sites for hydroxylation is 1. The Hall–Kier alpha value is -2.30. The van der Waals surface area contributed by atoms with Crippen molar-refractivity contribution in [3.05, 3.63) is 47.8 Å². The molecule has 1 N–H and O–H groups in total. The lowest BCUT2D eigenvalue weighted by Crippen LogP contribution is -2.36. The van der Waals surface area contributed by atoms with Crippen molar-refractivity contribution in [2.75, 3.05) is 0 Å². The van der Waals surface area contributed by atoms with Gasteiger partial charge in [0.2, 0.25) is 0 Å². The summed E-state index contributed by atoms with van der Waals surface area (Å²) in [7, 11) is 1.96. The van der Waals surface area contributed by atoms with E-state index < -0.39 is 6.10 Å². The van der Waals surface area contributed by atoms with Crippen molar-refractivity contribution in [1.82, 2.24) is 15.1 Å². The number of rotatable bonds is 6. The van der Waals surface area contributed by atoms with Gasteiger partial charge in [-0.1, -0.05) is 18.2 Å². The largest absolute Gasteiger partial charge is 0.481 e. The average molecular weight is 299 g/mol. The summed E-state index contributed by atoms with van der Waals surface area (Å²) < 4.78 is 7.52. The van der Waals surface area contributed by atoms with E-state index in [1.807, 2.05) is 42.1 Å². The Kier molecular flexibility index (Phi) is 4.13. The molecule has 1 saturated carbocycles. The molecule has 3 rings (SSSR count). The van der Waals surface area contributed by atoms with Gasteiger partial charge in [-0.3, -0.25) is 9.48 Å². The van der Waals surface area contributed by atoms with Gasteiger partial charge in [0.05, 0.1) is 12.2 Å². The Morgan fingerprint density at radius 2 is 2.14 bits per heavy atom. The fraction of sp³-hybridized carbons (Fsp3) is 0.412. The van der Waals surface area contributed by atoms with E-state index >= 15 is 0 Å². The molecule has 0 spiro atoms. The molecule has 0 radical (unpaired) electrons. The normalized spacial score (nSPS) is 15.4. The van der Waals surface area contributed by atoms with Gasteiger partial charge in [0.1, 0.15) is 5.75 Å². The van der Waals surface area contributed by atoms with Crippen LogP contribution in [0, 0.1) is 0 Å². The highest BCUT2D eigenvalue weighted by Crippen LogP contribution is 2.39. The molecular formula is C17H21N3O2. The fourth-order valence-electron chi connectivity index (χ4n) is 2.47. The van der Waals surface area contributed by atoms with E-state index in [4.69, 9.17) is 4.74 Å². The Bertz CT molecular complexity index is 647. The molecule has 0 aliphatic heterocycles. The molecule has 1 aliphatic rings. The van der Waals surface area contributed by atoms with E-state index in [9.17, 15) is 4.79 Å². The predicted molar refractivity (Wildman–Crippen MR) is 83.6 cm³/mol. The fourth-order valence-corrected chi connectivity index (χ4v) is 2.47. The van der Waals surface area contributed by atoms with Gasteiger partial charge in [0.15, 0.2) is 6.10 Å². The maximum atomic E-state index is 12.1. The first-order chi connectivity index (χ1) is 10.6. The molecule has 1 atom stereocenters. The van der Waals surface area contributed by atoms with E-state index in [1.165, 1.54) is 18.5 Å². The van der Waals surface area contributed by atoms with Crippen molar-refractivity contribution in [3.8, 4) is 5.75 Å². The van der Waals surface area contributed by atoms with Gasteiger partial charge >= 0.3 is 0 Å². The number of carbonyl (C=O) groups is 1. The van der Waals surface area contributed by atoms with Crippen molar-refractivity contribution in [2.24, 2.45) is 7.05 Å². The summed E-state index contributed by atoms with van der Waals surface area (Å²) >= 11 is 0. The first-order valence-electron chi connectivity index (χ1n) is 7.65. The standard InChI is InChI=1S/C17H21N3O2/c1-12(22-15-6-4-3-5-7-15)17(21)18-11-14-10-16(13-8-9-13)20(2)19-14/h3-7,10,12-13H,8-9,11H2,1-2H3,(H,18,21)/t12-/m1/s1. The summed E-state index contributed by atoms with van der Waals surface area (Å²) in [4.78, 5) is 12.1. The summed E-state index contributed by atoms with van der Waals surface area (Å²) in [6.45, 7) is 2.18. The van der Waals surface area contributed by atoms with Gasteiger partial charge in [-0.15, -0.1) is 0 Å². The highest BCUT2D eigenvalue weighted by molar-refractivity contribution is 5.80. The molecule has 5 nitrogen and oxygen atoms in total. The van der Waals surface area contributed by atoms with Crippen LogP contribution in [-0.2, 0) is 18.4 Å². The van der Waals surface area contributed by atoms with E-state index in [-0.39, 0.29) is 5.91 Å². The Balaban J connectivity index is 1.52. The first kappa shape index (κ1) is 14.6. The summed E-state index contributed by atoms with van der Waals surface area (Å²) in [5.41, 5.74) is 2.16. The molecule has 5 heteroatoms. The first-order valence-corrected chi connectivity index (χ1v) is 7.65. The predicted octanol–water partition coefficient (Wildman–Crippen LogP) is 2.38. The van der Waals surface area contributed by atoms with E-state index in [0.29, 0.717) is 18.2 Å². The van der Waals surface area contributed by atoms with Crippen LogP contribution >= 0.6 is 0 Å². The molecule has 1 aromatic heterocycles. The van der Waals surface area contributed by atoms with Crippen LogP contribution in [0.3, 0.4) is 0 Å². The van der Waals surface area contributed by atoms with Crippen molar-refractivity contribution >= 4 is 5.91 Å². The smallest absolute Gasteiger partial charge is 0.261 e. The molecule has 0 bridgehead atoms. The van der Waals surface area contributed by atoms with Crippen molar-refractivity contribution in [3.63, 3.8) is 0 Å². The molecule has 1 amide bonds. The topological polar surface area (TPSA) is 56.1 Å². The minimum atomic E-state index is -0.533. The van der Waals surface area contributed by atoms with Crippen LogP contribution in [-0.4, -0.2) is 21.8 Å². The van der Waals surface area contributed by atoms with Crippen molar-refractivity contribution < 1.29 is 9.53 Å². The second kappa shape index (κ2) is 6.22. The number of benzene rings is 1. The summed E-state index contributed by atoms with van der Waals surface area (Å²) in [5.74, 6) is 1.21. The van der Waals surface area contributed by atoms with Crippen LogP contribution in [0.1, 0.15) is 37.1 Å². The zero-order valence-electron chi connectivity index (χ0n) is 13.0. The highest BCUT2D eigenvalue weighted by atomic mass is 16.5. The van der Waals surface area contributed by atoms with Crippen LogP contribution < -0.4 is 10.1 Å². The molecule has 1 aromatic carbocycles. The number of aromatic nitrogens is 2. The van der Waals surface area contributed by atoms with Crippen molar-refractivity contribution in [1.29, 1.82) is 0 Å². The Morgan fingerprint density at radius 1 is 1.41 bits per heavy atom. The lowest BCUT2D eigenvalue weighted by atomic mass is 10.2. The molecule has 1 heterocycles. The monoisotopic (exact) mass is 299 g/mol.